The Labute approximate surface area is 138 Å². The molecule has 0 aromatic rings. The molecule has 0 rings (SSSR count). The zero-order valence-electron chi connectivity index (χ0n) is 15.1. The van der Waals surface area contributed by atoms with Gasteiger partial charge in [0, 0.05) is 12.3 Å². The van der Waals surface area contributed by atoms with Gasteiger partial charge in [-0.15, -0.1) is 11.6 Å². The Bertz CT molecular complexity index is 232. The maximum Gasteiger partial charge on any atom is 0.306 e. The lowest BCUT2D eigenvalue weighted by molar-refractivity contribution is -0.154. The van der Waals surface area contributed by atoms with Gasteiger partial charge in [0.1, 0.15) is 5.60 Å². The molecule has 0 aliphatic heterocycles. The van der Waals surface area contributed by atoms with E-state index in [0.717, 1.165) is 31.1 Å². The molecule has 0 atom stereocenters. The number of hydrogen-bond donors (Lipinski definition) is 0. The molecular formula is C18H37ClO2. The van der Waals surface area contributed by atoms with Crippen molar-refractivity contribution < 1.29 is 9.53 Å². The van der Waals surface area contributed by atoms with E-state index in [2.05, 4.69) is 20.8 Å². The summed E-state index contributed by atoms with van der Waals surface area (Å²) in [5, 5.41) is 0. The Hall–Kier alpha value is -0.240. The van der Waals surface area contributed by atoms with Crippen molar-refractivity contribution in [2.45, 2.75) is 98.5 Å². The summed E-state index contributed by atoms with van der Waals surface area (Å²) in [5.74, 6) is 1.51. The summed E-state index contributed by atoms with van der Waals surface area (Å²) in [4.78, 5) is 11.3. The number of halogens is 1. The van der Waals surface area contributed by atoms with E-state index in [9.17, 15) is 4.79 Å². The molecule has 0 fully saturated rings. The first-order chi connectivity index (χ1) is 9.72. The van der Waals surface area contributed by atoms with Gasteiger partial charge in [0.15, 0.2) is 0 Å². The van der Waals surface area contributed by atoms with E-state index in [4.69, 9.17) is 16.3 Å². The van der Waals surface area contributed by atoms with E-state index >= 15 is 0 Å². The van der Waals surface area contributed by atoms with Crippen LogP contribution in [0.2, 0.25) is 0 Å². The summed E-state index contributed by atoms with van der Waals surface area (Å²) in [6.07, 6.45) is 8.96. The molecule has 0 N–H and O–H groups in total. The second kappa shape index (κ2) is 14.7. The topological polar surface area (TPSA) is 26.3 Å². The predicted octanol–water partition coefficient (Wildman–Crippen LogP) is 6.35. The van der Waals surface area contributed by atoms with E-state index in [1.54, 1.807) is 0 Å². The second-order valence-electron chi connectivity index (χ2n) is 6.98. The highest BCUT2D eigenvalue weighted by Gasteiger charge is 2.15. The van der Waals surface area contributed by atoms with Gasteiger partial charge in [0.25, 0.3) is 0 Å². The summed E-state index contributed by atoms with van der Waals surface area (Å²) < 4.78 is 5.23. The van der Waals surface area contributed by atoms with Gasteiger partial charge >= 0.3 is 5.97 Å². The first kappa shape index (κ1) is 23.0. The molecular weight excluding hydrogens is 284 g/mol. The number of rotatable bonds is 9. The van der Waals surface area contributed by atoms with Crippen LogP contribution in [-0.2, 0) is 9.53 Å². The summed E-state index contributed by atoms with van der Waals surface area (Å²) in [7, 11) is 0. The summed E-state index contributed by atoms with van der Waals surface area (Å²) in [6, 6.07) is 0. The van der Waals surface area contributed by atoms with Crippen LogP contribution in [0.1, 0.15) is 92.9 Å². The first-order valence-corrected chi connectivity index (χ1v) is 9.04. The van der Waals surface area contributed by atoms with Crippen LogP contribution in [-0.4, -0.2) is 17.5 Å². The van der Waals surface area contributed by atoms with Gasteiger partial charge < -0.3 is 4.74 Å². The summed E-state index contributed by atoms with van der Waals surface area (Å²) in [6.45, 7) is 12.3. The van der Waals surface area contributed by atoms with E-state index in [1.807, 2.05) is 20.8 Å². The SMILES string of the molecule is CC(C)CCCl.CCCCCCCCC(=O)OC(C)(C)C. The van der Waals surface area contributed by atoms with Gasteiger partial charge in [-0.1, -0.05) is 52.9 Å². The number of carbonyl (C=O) groups is 1. The van der Waals surface area contributed by atoms with Crippen LogP contribution in [0.5, 0.6) is 0 Å². The Kier molecular flexibility index (Phi) is 16.1. The van der Waals surface area contributed by atoms with Crippen molar-refractivity contribution in [3.63, 3.8) is 0 Å². The quantitative estimate of drug-likeness (QED) is 0.281. The molecule has 0 aromatic carbocycles. The molecule has 3 heteroatoms. The van der Waals surface area contributed by atoms with Crippen LogP contribution >= 0.6 is 11.6 Å². The normalized spacial score (nSPS) is 11.0. The van der Waals surface area contributed by atoms with Crippen LogP contribution in [0.15, 0.2) is 0 Å². The van der Waals surface area contributed by atoms with Crippen molar-refractivity contribution in [3.05, 3.63) is 0 Å². The number of alkyl halides is 1. The number of unbranched alkanes of at least 4 members (excludes halogenated alkanes) is 5. The Balaban J connectivity index is 0. The van der Waals surface area contributed by atoms with E-state index in [1.165, 1.54) is 25.7 Å². The van der Waals surface area contributed by atoms with Crippen LogP contribution in [0.25, 0.3) is 0 Å². The van der Waals surface area contributed by atoms with Gasteiger partial charge in [-0.3, -0.25) is 4.79 Å². The number of ether oxygens (including phenoxy) is 1. The third-order valence-corrected chi connectivity index (χ3v) is 3.06. The molecule has 0 spiro atoms. The van der Waals surface area contributed by atoms with E-state index in [0.29, 0.717) is 6.42 Å². The van der Waals surface area contributed by atoms with Crippen molar-refractivity contribution in [1.82, 2.24) is 0 Å². The zero-order chi connectivity index (χ0) is 16.7. The van der Waals surface area contributed by atoms with Crippen LogP contribution in [0.3, 0.4) is 0 Å². The van der Waals surface area contributed by atoms with Gasteiger partial charge in [-0.2, -0.15) is 0 Å². The van der Waals surface area contributed by atoms with Crippen LogP contribution in [0.4, 0.5) is 0 Å². The summed E-state index contributed by atoms with van der Waals surface area (Å²) >= 11 is 5.40. The molecule has 0 bridgehead atoms. The smallest absolute Gasteiger partial charge is 0.306 e. The van der Waals surface area contributed by atoms with Crippen molar-refractivity contribution in [2.24, 2.45) is 5.92 Å². The zero-order valence-corrected chi connectivity index (χ0v) is 15.9. The van der Waals surface area contributed by atoms with Gasteiger partial charge in [0.2, 0.25) is 0 Å². The largest absolute Gasteiger partial charge is 0.460 e. The lowest BCUT2D eigenvalue weighted by Crippen LogP contribution is -2.23. The standard InChI is InChI=1S/C13H26O2.C5H11Cl/c1-5-6-7-8-9-10-11-12(14)15-13(2,3)4;1-5(2)3-4-6/h5-11H2,1-4H3;5H,3-4H2,1-2H3. The van der Waals surface area contributed by atoms with Gasteiger partial charge in [-0.25, -0.2) is 0 Å². The third-order valence-electron chi connectivity index (χ3n) is 2.84. The molecule has 21 heavy (non-hydrogen) atoms. The molecule has 0 unspecified atom stereocenters. The predicted molar refractivity (Wildman–Crippen MR) is 94.0 cm³/mol. The van der Waals surface area contributed by atoms with Gasteiger partial charge in [0.05, 0.1) is 0 Å². The fraction of sp³-hybridized carbons (Fsp3) is 0.944. The fourth-order valence-corrected chi connectivity index (χ4v) is 2.10. The number of carbonyl (C=O) groups excluding carboxylic acids is 1. The Morgan fingerprint density at radius 2 is 1.57 bits per heavy atom. The minimum atomic E-state index is -0.334. The van der Waals surface area contributed by atoms with E-state index in [-0.39, 0.29) is 11.6 Å². The molecule has 0 aliphatic rings. The average Bonchev–Trinajstić information content (AvgIpc) is 2.32. The third kappa shape index (κ3) is 25.1. The minimum absolute atomic E-state index is 0.0574. The Morgan fingerprint density at radius 1 is 1.05 bits per heavy atom. The second-order valence-corrected chi connectivity index (χ2v) is 7.35. The molecule has 0 aliphatic carbocycles. The molecule has 0 heterocycles. The molecule has 0 saturated carbocycles. The first-order valence-electron chi connectivity index (χ1n) is 8.50. The van der Waals surface area contributed by atoms with Crippen molar-refractivity contribution in [3.8, 4) is 0 Å². The molecule has 0 saturated heterocycles. The van der Waals surface area contributed by atoms with Crippen molar-refractivity contribution >= 4 is 17.6 Å². The maximum absolute atomic E-state index is 11.3. The van der Waals surface area contributed by atoms with Crippen LogP contribution < -0.4 is 0 Å². The number of esters is 1. The number of hydrogen-bond acceptors (Lipinski definition) is 2. The van der Waals surface area contributed by atoms with Crippen molar-refractivity contribution in [2.75, 3.05) is 5.88 Å². The van der Waals surface area contributed by atoms with Crippen molar-refractivity contribution in [1.29, 1.82) is 0 Å². The molecule has 2 nitrogen and oxygen atoms in total. The highest BCUT2D eigenvalue weighted by atomic mass is 35.5. The minimum Gasteiger partial charge on any atom is -0.460 e. The average molecular weight is 321 g/mol. The highest BCUT2D eigenvalue weighted by Crippen LogP contribution is 2.11. The summed E-state index contributed by atoms with van der Waals surface area (Å²) in [5.41, 5.74) is -0.334. The molecule has 0 amide bonds. The molecule has 0 aromatic heterocycles. The lowest BCUT2D eigenvalue weighted by Gasteiger charge is -2.19. The van der Waals surface area contributed by atoms with Gasteiger partial charge in [-0.05, 0) is 39.5 Å². The fourth-order valence-electron chi connectivity index (χ4n) is 1.66. The lowest BCUT2D eigenvalue weighted by atomic mass is 10.1. The Morgan fingerprint density at radius 3 is 1.95 bits per heavy atom. The maximum atomic E-state index is 11.3. The monoisotopic (exact) mass is 320 g/mol. The molecule has 0 radical (unpaired) electrons. The van der Waals surface area contributed by atoms with E-state index < -0.39 is 0 Å². The molecule has 128 valence electrons. The highest BCUT2D eigenvalue weighted by molar-refractivity contribution is 6.17. The van der Waals surface area contributed by atoms with Crippen LogP contribution in [0, 0.1) is 5.92 Å².